The van der Waals surface area contributed by atoms with Crippen LogP contribution in [0, 0.1) is 11.8 Å². The van der Waals surface area contributed by atoms with E-state index < -0.39 is 0 Å². The molecule has 100 valence electrons. The van der Waals surface area contributed by atoms with E-state index in [9.17, 15) is 4.79 Å². The summed E-state index contributed by atoms with van der Waals surface area (Å²) in [5, 5.41) is 0. The van der Waals surface area contributed by atoms with Gasteiger partial charge in [-0.15, -0.1) is 0 Å². The molecule has 0 aromatic carbocycles. The Balaban J connectivity index is 2.42. The largest absolute Gasteiger partial charge is 0.383 e. The van der Waals surface area contributed by atoms with Crippen molar-refractivity contribution in [2.24, 2.45) is 11.8 Å². The van der Waals surface area contributed by atoms with Crippen LogP contribution in [0.25, 0.3) is 0 Å². The lowest BCUT2D eigenvalue weighted by Gasteiger charge is -2.29. The Morgan fingerprint density at radius 3 is 2.88 bits per heavy atom. The highest BCUT2D eigenvalue weighted by molar-refractivity contribution is 5.82. The Morgan fingerprint density at radius 1 is 1.53 bits per heavy atom. The van der Waals surface area contributed by atoms with Crippen molar-refractivity contribution in [3.8, 4) is 0 Å². The lowest BCUT2D eigenvalue weighted by Crippen LogP contribution is -2.41. The molecule has 1 unspecified atom stereocenters. The van der Waals surface area contributed by atoms with Crippen LogP contribution in [0.3, 0.4) is 0 Å². The second kappa shape index (κ2) is 7.80. The van der Waals surface area contributed by atoms with Crippen molar-refractivity contribution in [3.63, 3.8) is 0 Å². The van der Waals surface area contributed by atoms with Gasteiger partial charge >= 0.3 is 0 Å². The molecule has 4 heteroatoms. The summed E-state index contributed by atoms with van der Waals surface area (Å²) in [6.07, 6.45) is 0.574. The minimum Gasteiger partial charge on any atom is -0.383 e. The summed E-state index contributed by atoms with van der Waals surface area (Å²) in [7, 11) is 1.71. The van der Waals surface area contributed by atoms with Crippen LogP contribution in [-0.4, -0.2) is 57.2 Å². The van der Waals surface area contributed by atoms with Gasteiger partial charge in [-0.1, -0.05) is 13.8 Å². The SMILES string of the molecule is COCCN(CC(C)C)CC1COCCC1=O. The van der Waals surface area contributed by atoms with E-state index in [0.717, 1.165) is 19.6 Å². The third-order valence-electron chi connectivity index (χ3n) is 2.98. The molecule has 1 saturated heterocycles. The number of carbonyl (C=O) groups is 1. The third-order valence-corrected chi connectivity index (χ3v) is 2.98. The topological polar surface area (TPSA) is 38.8 Å². The highest BCUT2D eigenvalue weighted by Crippen LogP contribution is 2.12. The number of ketones is 1. The summed E-state index contributed by atoms with van der Waals surface area (Å²) in [4.78, 5) is 14.1. The molecule has 1 heterocycles. The molecular weight excluding hydrogens is 218 g/mol. The maximum Gasteiger partial charge on any atom is 0.141 e. The highest BCUT2D eigenvalue weighted by atomic mass is 16.5. The Bertz CT molecular complexity index is 231. The highest BCUT2D eigenvalue weighted by Gasteiger charge is 2.25. The molecule has 17 heavy (non-hydrogen) atoms. The van der Waals surface area contributed by atoms with E-state index in [0.29, 0.717) is 37.9 Å². The summed E-state index contributed by atoms with van der Waals surface area (Å²) in [6.45, 7) is 8.98. The predicted octanol–water partition coefficient (Wildman–Crippen LogP) is 1.20. The third kappa shape index (κ3) is 5.61. The first-order valence-electron chi connectivity index (χ1n) is 6.45. The summed E-state index contributed by atoms with van der Waals surface area (Å²) in [6, 6.07) is 0. The van der Waals surface area contributed by atoms with E-state index >= 15 is 0 Å². The Morgan fingerprint density at radius 2 is 2.29 bits per heavy atom. The van der Waals surface area contributed by atoms with Crippen LogP contribution in [0.1, 0.15) is 20.3 Å². The van der Waals surface area contributed by atoms with Gasteiger partial charge in [0, 0.05) is 33.2 Å². The van der Waals surface area contributed by atoms with E-state index in [2.05, 4.69) is 18.7 Å². The standard InChI is InChI=1S/C13H25NO3/c1-11(2)8-14(5-7-16-3)9-12-10-17-6-4-13(12)15/h11-12H,4-10H2,1-3H3. The zero-order chi connectivity index (χ0) is 12.7. The molecule has 1 aliphatic rings. The quantitative estimate of drug-likeness (QED) is 0.673. The molecule has 0 bridgehead atoms. The van der Waals surface area contributed by atoms with E-state index in [1.54, 1.807) is 7.11 Å². The Kier molecular flexibility index (Phi) is 6.70. The number of hydrogen-bond donors (Lipinski definition) is 0. The molecule has 0 aromatic rings. The van der Waals surface area contributed by atoms with E-state index in [1.807, 2.05) is 0 Å². The molecule has 1 fully saturated rings. The van der Waals surface area contributed by atoms with Gasteiger partial charge in [0.2, 0.25) is 0 Å². The number of Topliss-reactive ketones (excluding diaryl/α,β-unsaturated/α-hetero) is 1. The average molecular weight is 243 g/mol. The maximum atomic E-state index is 11.8. The smallest absolute Gasteiger partial charge is 0.141 e. The van der Waals surface area contributed by atoms with Crippen molar-refractivity contribution in [3.05, 3.63) is 0 Å². The first kappa shape index (κ1) is 14.6. The predicted molar refractivity (Wildman–Crippen MR) is 67.1 cm³/mol. The number of nitrogens with zero attached hydrogens (tertiary/aromatic N) is 1. The average Bonchev–Trinajstić information content (AvgIpc) is 2.28. The Hall–Kier alpha value is -0.450. The fraction of sp³-hybridized carbons (Fsp3) is 0.923. The number of ether oxygens (including phenoxy) is 2. The minimum atomic E-state index is 0.0550. The van der Waals surface area contributed by atoms with E-state index in [4.69, 9.17) is 9.47 Å². The van der Waals surface area contributed by atoms with Crippen molar-refractivity contribution in [1.29, 1.82) is 0 Å². The summed E-state index contributed by atoms with van der Waals surface area (Å²) < 4.78 is 10.5. The summed E-state index contributed by atoms with van der Waals surface area (Å²) in [5.74, 6) is 1.01. The molecule has 4 nitrogen and oxygen atoms in total. The minimum absolute atomic E-state index is 0.0550. The molecule has 0 saturated carbocycles. The number of carbonyl (C=O) groups excluding carboxylic acids is 1. The van der Waals surface area contributed by atoms with Crippen LogP contribution in [-0.2, 0) is 14.3 Å². The van der Waals surface area contributed by atoms with Crippen molar-refractivity contribution < 1.29 is 14.3 Å². The zero-order valence-electron chi connectivity index (χ0n) is 11.3. The summed E-state index contributed by atoms with van der Waals surface area (Å²) >= 11 is 0. The van der Waals surface area contributed by atoms with Crippen molar-refractivity contribution in [2.45, 2.75) is 20.3 Å². The molecule has 0 aromatic heterocycles. The maximum absolute atomic E-state index is 11.8. The van der Waals surface area contributed by atoms with Gasteiger partial charge in [0.05, 0.1) is 25.7 Å². The first-order valence-corrected chi connectivity index (χ1v) is 6.45. The van der Waals surface area contributed by atoms with Gasteiger partial charge < -0.3 is 9.47 Å². The second-order valence-electron chi connectivity index (χ2n) is 5.13. The number of rotatable bonds is 7. The monoisotopic (exact) mass is 243 g/mol. The van der Waals surface area contributed by atoms with Crippen LogP contribution < -0.4 is 0 Å². The molecule has 0 spiro atoms. The normalized spacial score (nSPS) is 21.5. The lowest BCUT2D eigenvalue weighted by atomic mass is 9.99. The first-order chi connectivity index (χ1) is 8.13. The molecule has 1 rings (SSSR count). The molecule has 1 atom stereocenters. The van der Waals surface area contributed by atoms with Crippen LogP contribution in [0.4, 0.5) is 0 Å². The fourth-order valence-corrected chi connectivity index (χ4v) is 2.16. The van der Waals surface area contributed by atoms with Gasteiger partial charge in [-0.2, -0.15) is 0 Å². The van der Waals surface area contributed by atoms with Crippen LogP contribution in [0.2, 0.25) is 0 Å². The van der Waals surface area contributed by atoms with Gasteiger partial charge in [0.15, 0.2) is 0 Å². The van der Waals surface area contributed by atoms with Gasteiger partial charge in [-0.05, 0) is 5.92 Å². The number of hydrogen-bond acceptors (Lipinski definition) is 4. The number of methoxy groups -OCH3 is 1. The van der Waals surface area contributed by atoms with E-state index in [1.165, 1.54) is 0 Å². The molecular formula is C13H25NO3. The molecule has 1 aliphatic heterocycles. The van der Waals surface area contributed by atoms with Gasteiger partial charge in [0.25, 0.3) is 0 Å². The second-order valence-corrected chi connectivity index (χ2v) is 5.13. The van der Waals surface area contributed by atoms with Crippen LogP contribution >= 0.6 is 0 Å². The molecule has 0 radical (unpaired) electrons. The van der Waals surface area contributed by atoms with Gasteiger partial charge in [-0.3, -0.25) is 9.69 Å². The lowest BCUT2D eigenvalue weighted by molar-refractivity contribution is -0.131. The van der Waals surface area contributed by atoms with Gasteiger partial charge in [0.1, 0.15) is 5.78 Å². The fourth-order valence-electron chi connectivity index (χ4n) is 2.16. The van der Waals surface area contributed by atoms with Gasteiger partial charge in [-0.25, -0.2) is 0 Å². The van der Waals surface area contributed by atoms with Crippen molar-refractivity contribution in [1.82, 2.24) is 4.90 Å². The van der Waals surface area contributed by atoms with E-state index in [-0.39, 0.29) is 5.92 Å². The molecule has 0 N–H and O–H groups in total. The molecule has 0 amide bonds. The molecule has 0 aliphatic carbocycles. The van der Waals surface area contributed by atoms with Crippen LogP contribution in [0.5, 0.6) is 0 Å². The van der Waals surface area contributed by atoms with Crippen molar-refractivity contribution in [2.75, 3.05) is 46.6 Å². The Labute approximate surface area is 104 Å². The zero-order valence-corrected chi connectivity index (χ0v) is 11.3. The summed E-state index contributed by atoms with van der Waals surface area (Å²) in [5.41, 5.74) is 0. The van der Waals surface area contributed by atoms with Crippen molar-refractivity contribution >= 4 is 5.78 Å². The van der Waals surface area contributed by atoms with Crippen LogP contribution in [0.15, 0.2) is 0 Å².